The van der Waals surface area contributed by atoms with Crippen LogP contribution in [0.4, 0.5) is 13.6 Å². The van der Waals surface area contributed by atoms with Gasteiger partial charge >= 0.3 is 12.1 Å². The van der Waals surface area contributed by atoms with Crippen molar-refractivity contribution >= 4 is 18.0 Å². The predicted octanol–water partition coefficient (Wildman–Crippen LogP) is 3.22. The molecule has 0 aromatic rings. The minimum atomic E-state index is -3.26. The Labute approximate surface area is 159 Å². The first-order valence-corrected chi connectivity index (χ1v) is 8.79. The molecule has 0 aromatic carbocycles. The molecule has 7 nitrogen and oxygen atoms in total. The molecule has 0 spiro atoms. The Balaban J connectivity index is 5.62. The fraction of sp³-hybridized carbons (Fsp3) is 0.833. The normalized spacial score (nSPS) is 14.5. The molecule has 9 heteroatoms. The fourth-order valence-electron chi connectivity index (χ4n) is 2.45. The number of nitrogens with zero attached hydrogens (tertiary/aromatic N) is 2. The van der Waals surface area contributed by atoms with Crippen LogP contribution in [0, 0.1) is 5.92 Å². The van der Waals surface area contributed by atoms with E-state index in [1.807, 2.05) is 13.8 Å². The third-order valence-corrected chi connectivity index (χ3v) is 3.78. The maximum atomic E-state index is 13.4. The van der Waals surface area contributed by atoms with Crippen LogP contribution >= 0.6 is 0 Å². The first-order chi connectivity index (χ1) is 12.0. The van der Waals surface area contributed by atoms with Crippen molar-refractivity contribution in [1.29, 1.82) is 0 Å². The Morgan fingerprint density at radius 1 is 1.00 bits per heavy atom. The van der Waals surface area contributed by atoms with Crippen LogP contribution in [0.1, 0.15) is 54.4 Å². The summed E-state index contributed by atoms with van der Waals surface area (Å²) >= 11 is 0. The lowest BCUT2D eigenvalue weighted by Gasteiger charge is -2.35. The molecule has 1 N–H and O–H groups in total. The molecular weight excluding hydrogens is 362 g/mol. The zero-order chi connectivity index (χ0) is 21.7. The number of halogens is 2. The van der Waals surface area contributed by atoms with E-state index in [2.05, 4.69) is 0 Å². The minimum absolute atomic E-state index is 0.00636. The van der Waals surface area contributed by atoms with Gasteiger partial charge in [-0.1, -0.05) is 13.8 Å². The molecule has 158 valence electrons. The molecule has 0 aliphatic carbocycles. The van der Waals surface area contributed by atoms with Gasteiger partial charge in [-0.25, -0.2) is 18.4 Å². The number of amides is 2. The zero-order valence-electron chi connectivity index (χ0n) is 17.4. The topological polar surface area (TPSA) is 87.2 Å². The number of aliphatic carboxylic acids is 1. The molecule has 2 atom stereocenters. The lowest BCUT2D eigenvalue weighted by Crippen LogP contribution is -2.54. The largest absolute Gasteiger partial charge is 0.480 e. The van der Waals surface area contributed by atoms with Crippen LogP contribution in [-0.2, 0) is 14.3 Å². The molecule has 0 rings (SSSR count). The number of carbonyl (C=O) groups excluding carboxylic acids is 2. The second kappa shape index (κ2) is 9.32. The van der Waals surface area contributed by atoms with Gasteiger partial charge in [0.2, 0.25) is 11.8 Å². The summed E-state index contributed by atoms with van der Waals surface area (Å²) in [5, 5.41) is 9.29. The monoisotopic (exact) mass is 394 g/mol. The average Bonchev–Trinajstić information content (AvgIpc) is 2.45. The highest BCUT2D eigenvalue weighted by atomic mass is 19.3. The van der Waals surface area contributed by atoms with Crippen molar-refractivity contribution in [3.63, 3.8) is 0 Å². The van der Waals surface area contributed by atoms with E-state index in [-0.39, 0.29) is 12.3 Å². The van der Waals surface area contributed by atoms with Crippen LogP contribution in [0.15, 0.2) is 0 Å². The van der Waals surface area contributed by atoms with Gasteiger partial charge in [0.25, 0.3) is 0 Å². The Morgan fingerprint density at radius 2 is 1.48 bits per heavy atom. The molecule has 1 unspecified atom stereocenters. The lowest BCUT2D eigenvalue weighted by atomic mass is 10.00. The highest BCUT2D eigenvalue weighted by Gasteiger charge is 2.40. The number of carboxylic acid groups (broad SMARTS) is 1. The van der Waals surface area contributed by atoms with Crippen LogP contribution in [0.2, 0.25) is 0 Å². The highest BCUT2D eigenvalue weighted by Crippen LogP contribution is 2.24. The van der Waals surface area contributed by atoms with E-state index in [0.29, 0.717) is 6.92 Å². The third kappa shape index (κ3) is 9.01. The molecule has 0 saturated heterocycles. The van der Waals surface area contributed by atoms with E-state index in [1.165, 1.54) is 7.05 Å². The summed E-state index contributed by atoms with van der Waals surface area (Å²) < 4.78 is 32.0. The number of hydrogen-bond donors (Lipinski definition) is 1. The smallest absolute Gasteiger partial charge is 0.410 e. The summed E-state index contributed by atoms with van der Waals surface area (Å²) in [6.07, 6.45) is -1.54. The maximum absolute atomic E-state index is 13.4. The molecule has 0 radical (unpaired) electrons. The summed E-state index contributed by atoms with van der Waals surface area (Å²) in [6, 6.07) is -2.74. The van der Waals surface area contributed by atoms with Gasteiger partial charge in [0.05, 0.1) is 0 Å². The first kappa shape index (κ1) is 25.1. The molecular formula is C18H32F2N2O5. The van der Waals surface area contributed by atoms with Gasteiger partial charge in [0.1, 0.15) is 17.7 Å². The number of carboxylic acids is 1. The lowest BCUT2D eigenvalue weighted by molar-refractivity contribution is -0.154. The summed E-state index contributed by atoms with van der Waals surface area (Å²) in [5.41, 5.74) is -0.781. The molecule has 0 saturated carbocycles. The number of rotatable bonds is 8. The van der Waals surface area contributed by atoms with Gasteiger partial charge in [-0.05, 0) is 40.0 Å². The molecule has 0 aliphatic heterocycles. The second-order valence-electron chi connectivity index (χ2n) is 8.31. The second-order valence-corrected chi connectivity index (χ2v) is 8.31. The van der Waals surface area contributed by atoms with Crippen molar-refractivity contribution in [2.45, 2.75) is 78.0 Å². The Morgan fingerprint density at radius 3 is 1.81 bits per heavy atom. The third-order valence-electron chi connectivity index (χ3n) is 3.78. The summed E-state index contributed by atoms with van der Waals surface area (Å²) in [5.74, 6) is -5.53. The van der Waals surface area contributed by atoms with Gasteiger partial charge in [0.15, 0.2) is 0 Å². The first-order valence-electron chi connectivity index (χ1n) is 8.79. The molecule has 0 aliphatic rings. The van der Waals surface area contributed by atoms with Crippen molar-refractivity contribution in [3.05, 3.63) is 0 Å². The fourth-order valence-corrected chi connectivity index (χ4v) is 2.45. The summed E-state index contributed by atoms with van der Waals surface area (Å²) in [4.78, 5) is 38.5. The standard InChI is InChI=1S/C18H32F2N2O5/c1-11(2)9-12(22(8)16(26)27-17(3,4)5)14(23)21(7)13(15(24)25)10-18(6,19)20/h11-13H,9-10H2,1-8H3,(H,24,25)/t12-,13?/m0/s1. The van der Waals surface area contributed by atoms with Crippen molar-refractivity contribution < 1.29 is 33.0 Å². The zero-order valence-corrected chi connectivity index (χ0v) is 17.4. The van der Waals surface area contributed by atoms with E-state index in [4.69, 9.17) is 4.74 Å². The predicted molar refractivity (Wildman–Crippen MR) is 96.7 cm³/mol. The van der Waals surface area contributed by atoms with Gasteiger partial charge < -0.3 is 14.7 Å². The molecule has 0 bridgehead atoms. The van der Waals surface area contributed by atoms with Crippen molar-refractivity contribution in [2.75, 3.05) is 14.1 Å². The van der Waals surface area contributed by atoms with Crippen LogP contribution in [-0.4, -0.2) is 70.6 Å². The van der Waals surface area contributed by atoms with Gasteiger partial charge in [-0.3, -0.25) is 9.69 Å². The van der Waals surface area contributed by atoms with Gasteiger partial charge in [-0.2, -0.15) is 0 Å². The number of alkyl halides is 2. The SMILES string of the molecule is CC(C)C[C@@H](C(=O)N(C)C(CC(C)(F)F)C(=O)O)N(C)C(=O)OC(C)(C)C. The van der Waals surface area contributed by atoms with E-state index in [9.17, 15) is 28.3 Å². The minimum Gasteiger partial charge on any atom is -0.480 e. The van der Waals surface area contributed by atoms with Crippen LogP contribution in [0.3, 0.4) is 0 Å². The van der Waals surface area contributed by atoms with Crippen molar-refractivity contribution in [2.24, 2.45) is 5.92 Å². The number of ether oxygens (including phenoxy) is 1. The Hall–Kier alpha value is -1.93. The van der Waals surface area contributed by atoms with Crippen LogP contribution in [0.25, 0.3) is 0 Å². The molecule has 2 amide bonds. The number of hydrogen-bond acceptors (Lipinski definition) is 4. The van der Waals surface area contributed by atoms with Crippen LogP contribution < -0.4 is 0 Å². The molecule has 0 aromatic heterocycles. The van der Waals surface area contributed by atoms with E-state index >= 15 is 0 Å². The van der Waals surface area contributed by atoms with Gasteiger partial charge in [0, 0.05) is 20.5 Å². The molecule has 0 fully saturated rings. The van der Waals surface area contributed by atoms with E-state index < -0.39 is 48.0 Å². The quantitative estimate of drug-likeness (QED) is 0.683. The molecule has 0 heterocycles. The van der Waals surface area contributed by atoms with E-state index in [1.54, 1.807) is 20.8 Å². The summed E-state index contributed by atoms with van der Waals surface area (Å²) in [6.45, 7) is 9.28. The summed E-state index contributed by atoms with van der Waals surface area (Å²) in [7, 11) is 2.53. The highest BCUT2D eigenvalue weighted by molar-refractivity contribution is 5.89. The van der Waals surface area contributed by atoms with Crippen LogP contribution in [0.5, 0.6) is 0 Å². The van der Waals surface area contributed by atoms with Crippen molar-refractivity contribution in [3.8, 4) is 0 Å². The number of carbonyl (C=O) groups is 3. The number of likely N-dealkylation sites (N-methyl/N-ethyl adjacent to an activating group) is 2. The maximum Gasteiger partial charge on any atom is 0.410 e. The average molecular weight is 394 g/mol. The Bertz CT molecular complexity index is 541. The van der Waals surface area contributed by atoms with Crippen molar-refractivity contribution in [1.82, 2.24) is 9.80 Å². The van der Waals surface area contributed by atoms with E-state index in [0.717, 1.165) is 16.8 Å². The molecule has 27 heavy (non-hydrogen) atoms. The van der Waals surface area contributed by atoms with Gasteiger partial charge in [-0.15, -0.1) is 0 Å². The Kier molecular flexibility index (Phi) is 8.66.